The van der Waals surface area contributed by atoms with Gasteiger partial charge in [-0.3, -0.25) is 23.7 Å². The average molecular weight is 515 g/mol. The molecule has 4 atom stereocenters. The number of aromatic nitrogens is 2. The summed E-state index contributed by atoms with van der Waals surface area (Å²) >= 11 is 0. The molecule has 2 N–H and O–H groups in total. The van der Waals surface area contributed by atoms with Crippen LogP contribution < -0.4 is 20.9 Å². The summed E-state index contributed by atoms with van der Waals surface area (Å²) in [5.74, 6) is -1.19. The zero-order chi connectivity index (χ0) is 25.8. The van der Waals surface area contributed by atoms with E-state index < -0.39 is 62.1 Å². The van der Waals surface area contributed by atoms with Gasteiger partial charge in [-0.2, -0.15) is 5.09 Å². The normalized spacial score (nSPS) is 20.4. The predicted molar refractivity (Wildman–Crippen MR) is 120 cm³/mol. The molecule has 192 valence electrons. The van der Waals surface area contributed by atoms with E-state index in [2.05, 4.69) is 10.1 Å². The SMILES string of the molecule is Cc1cn([C@H]2CO[C@@H](COP(=O)(NC(C)C(=O)OC(C)C)Oc3ccc(F)cc3)O2)c(=O)[nH]c1=O. The molecule has 0 spiro atoms. The standard InChI is InChI=1S/C21H27FN3O9P/c1-12(2)32-20(27)14(4)24-35(29,34-16-7-5-15(22)6-8-16)31-11-18-30-10-17(33-18)25-9-13(3)19(26)23-21(25)28/h5-9,12,14,17-18H,10-11H2,1-4H3,(H,24,29)(H,23,26,28)/t14?,17-,18-,35?/m1/s1. The number of hydrogen-bond donors (Lipinski definition) is 2. The molecule has 0 saturated carbocycles. The molecule has 14 heteroatoms. The monoisotopic (exact) mass is 515 g/mol. The van der Waals surface area contributed by atoms with E-state index >= 15 is 0 Å². The van der Waals surface area contributed by atoms with Gasteiger partial charge in [0.15, 0.2) is 12.5 Å². The minimum Gasteiger partial charge on any atom is -0.462 e. The molecule has 12 nitrogen and oxygen atoms in total. The Morgan fingerprint density at radius 3 is 2.63 bits per heavy atom. The highest BCUT2D eigenvalue weighted by molar-refractivity contribution is 7.52. The molecule has 35 heavy (non-hydrogen) atoms. The van der Waals surface area contributed by atoms with Crippen LogP contribution in [0.4, 0.5) is 4.39 Å². The summed E-state index contributed by atoms with van der Waals surface area (Å²) < 4.78 is 55.0. The number of rotatable bonds is 10. The van der Waals surface area contributed by atoms with Crippen LogP contribution >= 0.6 is 7.75 Å². The van der Waals surface area contributed by atoms with Crippen molar-refractivity contribution in [3.8, 4) is 5.75 Å². The number of carbonyl (C=O) groups is 1. The third kappa shape index (κ3) is 7.33. The van der Waals surface area contributed by atoms with Gasteiger partial charge in [0.2, 0.25) is 0 Å². The first-order valence-corrected chi connectivity index (χ1v) is 12.3. The summed E-state index contributed by atoms with van der Waals surface area (Å²) in [6.45, 7) is 5.81. The summed E-state index contributed by atoms with van der Waals surface area (Å²) in [5.41, 5.74) is -0.892. The molecule has 2 heterocycles. The molecular weight excluding hydrogens is 488 g/mol. The minimum absolute atomic E-state index is 0.0214. The molecule has 3 rings (SSSR count). The maximum absolute atomic E-state index is 13.4. The Balaban J connectivity index is 1.70. The van der Waals surface area contributed by atoms with E-state index in [0.717, 1.165) is 16.7 Å². The van der Waals surface area contributed by atoms with E-state index in [1.54, 1.807) is 13.8 Å². The van der Waals surface area contributed by atoms with Crippen LogP contribution in [0, 0.1) is 12.7 Å². The number of H-pyrrole nitrogens is 1. The second-order valence-corrected chi connectivity index (χ2v) is 9.70. The van der Waals surface area contributed by atoms with E-state index in [9.17, 15) is 23.3 Å². The van der Waals surface area contributed by atoms with E-state index in [1.807, 2.05) is 0 Å². The number of nitrogens with zero attached hydrogens (tertiary/aromatic N) is 1. The van der Waals surface area contributed by atoms with Gasteiger partial charge in [0.25, 0.3) is 5.56 Å². The van der Waals surface area contributed by atoms with Crippen molar-refractivity contribution in [2.75, 3.05) is 13.2 Å². The lowest BCUT2D eigenvalue weighted by molar-refractivity contribution is -0.149. The summed E-state index contributed by atoms with van der Waals surface area (Å²) in [6.07, 6.45) is -0.979. The molecular formula is C21H27FN3O9P. The maximum atomic E-state index is 13.4. The number of carbonyl (C=O) groups excluding carboxylic acids is 1. The van der Waals surface area contributed by atoms with E-state index in [-0.39, 0.29) is 12.4 Å². The first-order chi connectivity index (χ1) is 16.5. The highest BCUT2D eigenvalue weighted by Crippen LogP contribution is 2.45. The van der Waals surface area contributed by atoms with E-state index in [4.69, 9.17) is 23.3 Å². The molecule has 1 aromatic carbocycles. The fraction of sp³-hybridized carbons (Fsp3) is 0.476. The first kappa shape index (κ1) is 26.8. The van der Waals surface area contributed by atoms with Crippen LogP contribution in [0.25, 0.3) is 0 Å². The number of benzene rings is 1. The van der Waals surface area contributed by atoms with Crippen molar-refractivity contribution in [1.82, 2.24) is 14.6 Å². The van der Waals surface area contributed by atoms with Crippen molar-refractivity contribution in [1.29, 1.82) is 0 Å². The van der Waals surface area contributed by atoms with Crippen molar-refractivity contribution >= 4 is 13.7 Å². The lowest BCUT2D eigenvalue weighted by Crippen LogP contribution is -2.37. The number of hydrogen-bond acceptors (Lipinski definition) is 9. The summed E-state index contributed by atoms with van der Waals surface area (Å²) in [6, 6.07) is 3.62. The molecule has 1 saturated heterocycles. The second-order valence-electron chi connectivity index (χ2n) is 8.01. The van der Waals surface area contributed by atoms with Crippen LogP contribution in [0.1, 0.15) is 32.6 Å². The molecule has 1 aromatic heterocycles. The van der Waals surface area contributed by atoms with Gasteiger partial charge in [-0.15, -0.1) is 0 Å². The maximum Gasteiger partial charge on any atom is 0.459 e. The molecule has 2 unspecified atom stereocenters. The van der Waals surface area contributed by atoms with Crippen molar-refractivity contribution in [3.63, 3.8) is 0 Å². The van der Waals surface area contributed by atoms with Crippen LogP contribution in [-0.4, -0.2) is 47.2 Å². The number of ether oxygens (including phenoxy) is 3. The third-order valence-corrected chi connectivity index (χ3v) is 6.31. The van der Waals surface area contributed by atoms with Crippen LogP contribution in [0.5, 0.6) is 5.75 Å². The molecule has 0 amide bonds. The van der Waals surface area contributed by atoms with E-state index in [1.165, 1.54) is 32.2 Å². The van der Waals surface area contributed by atoms with Gasteiger partial charge >= 0.3 is 19.4 Å². The number of esters is 1. The second kappa shape index (κ2) is 11.3. The predicted octanol–water partition coefficient (Wildman–Crippen LogP) is 1.99. The van der Waals surface area contributed by atoms with Crippen molar-refractivity contribution in [2.24, 2.45) is 0 Å². The van der Waals surface area contributed by atoms with Gasteiger partial charge in [-0.05, 0) is 52.0 Å². The Kier molecular flexibility index (Phi) is 8.62. The molecule has 1 aliphatic rings. The van der Waals surface area contributed by atoms with Gasteiger partial charge in [-0.1, -0.05) is 0 Å². The smallest absolute Gasteiger partial charge is 0.459 e. The number of nitrogens with one attached hydrogen (secondary N) is 2. The lowest BCUT2D eigenvalue weighted by atomic mass is 10.3. The molecule has 1 aliphatic heterocycles. The van der Waals surface area contributed by atoms with Gasteiger partial charge < -0.3 is 18.7 Å². The van der Waals surface area contributed by atoms with Gasteiger partial charge in [-0.25, -0.2) is 13.8 Å². The van der Waals surface area contributed by atoms with Crippen LogP contribution in [0.2, 0.25) is 0 Å². The molecule has 0 aliphatic carbocycles. The average Bonchev–Trinajstić information content (AvgIpc) is 3.25. The third-order valence-electron chi connectivity index (χ3n) is 4.67. The Morgan fingerprint density at radius 1 is 1.29 bits per heavy atom. The quantitative estimate of drug-likeness (QED) is 0.356. The van der Waals surface area contributed by atoms with Gasteiger partial charge in [0.05, 0.1) is 12.7 Å². The number of aryl methyl sites for hydroxylation is 1. The Labute approximate surface area is 199 Å². The molecule has 1 fully saturated rings. The molecule has 0 radical (unpaired) electrons. The van der Waals surface area contributed by atoms with Crippen LogP contribution in [0.15, 0.2) is 40.1 Å². The zero-order valence-corrected chi connectivity index (χ0v) is 20.5. The number of halogens is 1. The highest BCUT2D eigenvalue weighted by atomic mass is 31.2. The highest BCUT2D eigenvalue weighted by Gasteiger charge is 2.36. The summed E-state index contributed by atoms with van der Waals surface area (Å²) in [4.78, 5) is 38.0. The first-order valence-electron chi connectivity index (χ1n) is 10.7. The zero-order valence-electron chi connectivity index (χ0n) is 19.6. The fourth-order valence-electron chi connectivity index (χ4n) is 2.98. The van der Waals surface area contributed by atoms with Gasteiger partial charge in [0.1, 0.15) is 24.2 Å². The van der Waals surface area contributed by atoms with Gasteiger partial charge in [0, 0.05) is 11.8 Å². The van der Waals surface area contributed by atoms with Crippen LogP contribution in [-0.2, 0) is 28.1 Å². The van der Waals surface area contributed by atoms with Crippen molar-refractivity contribution < 1.29 is 37.0 Å². The Bertz CT molecular complexity index is 1200. The summed E-state index contributed by atoms with van der Waals surface area (Å²) in [5, 5.41) is 2.49. The topological polar surface area (TPSA) is 147 Å². The lowest BCUT2D eigenvalue weighted by Gasteiger charge is -2.24. The minimum atomic E-state index is -4.23. The van der Waals surface area contributed by atoms with Crippen molar-refractivity contribution in [2.45, 2.75) is 52.4 Å². The molecule has 0 bridgehead atoms. The fourth-order valence-corrected chi connectivity index (χ4v) is 4.46. The van der Waals surface area contributed by atoms with E-state index in [0.29, 0.717) is 5.56 Å². The Hall–Kier alpha value is -2.83. The van der Waals surface area contributed by atoms with Crippen molar-refractivity contribution in [3.05, 3.63) is 62.7 Å². The molecule has 2 aromatic rings. The Morgan fingerprint density at radius 2 is 1.97 bits per heavy atom. The number of aromatic amines is 1. The largest absolute Gasteiger partial charge is 0.462 e. The summed E-state index contributed by atoms with van der Waals surface area (Å²) in [7, 11) is -4.23. The van der Waals surface area contributed by atoms with Crippen LogP contribution in [0.3, 0.4) is 0 Å².